The van der Waals surface area contributed by atoms with Crippen LogP contribution in [0.1, 0.15) is 6.92 Å². The normalized spacial score (nSPS) is 17.3. The van der Waals surface area contributed by atoms with Gasteiger partial charge < -0.3 is 10.2 Å². The van der Waals surface area contributed by atoms with Crippen LogP contribution in [-0.2, 0) is 14.6 Å². The van der Waals surface area contributed by atoms with Crippen molar-refractivity contribution in [2.75, 3.05) is 19.8 Å². The Hall–Kier alpha value is -0.650. The molecule has 1 aliphatic rings. The van der Waals surface area contributed by atoms with E-state index in [0.29, 0.717) is 13.2 Å². The summed E-state index contributed by atoms with van der Waals surface area (Å²) in [4.78, 5) is 18.0. The Balaban J connectivity index is 0.000000218. The van der Waals surface area contributed by atoms with E-state index in [-0.39, 0.29) is 12.5 Å². The molecule has 1 aliphatic heterocycles. The molecule has 0 atom stereocenters. The minimum atomic E-state index is -0.833. The first-order chi connectivity index (χ1) is 5.16. The molecule has 0 unspecified atom stereocenters. The van der Waals surface area contributed by atoms with Gasteiger partial charge in [-0.2, -0.15) is 0 Å². The molecular formula is C6H12O5. The average molecular weight is 164 g/mol. The van der Waals surface area contributed by atoms with Gasteiger partial charge in [-0.1, -0.05) is 0 Å². The molecule has 5 heteroatoms. The molecule has 0 aromatic rings. The predicted molar refractivity (Wildman–Crippen MR) is 35.8 cm³/mol. The van der Waals surface area contributed by atoms with Gasteiger partial charge in [-0.25, -0.2) is 9.78 Å². The summed E-state index contributed by atoms with van der Waals surface area (Å²) in [5.74, 6) is -0.625. The van der Waals surface area contributed by atoms with Gasteiger partial charge >= 0.3 is 0 Å². The van der Waals surface area contributed by atoms with Crippen LogP contribution >= 0.6 is 0 Å². The van der Waals surface area contributed by atoms with Gasteiger partial charge in [0.1, 0.15) is 0 Å². The van der Waals surface area contributed by atoms with Crippen molar-refractivity contribution in [3.8, 4) is 0 Å². The summed E-state index contributed by atoms with van der Waals surface area (Å²) in [5.41, 5.74) is 0. The highest BCUT2D eigenvalue weighted by atomic mass is 17.2. The van der Waals surface area contributed by atoms with E-state index in [2.05, 4.69) is 9.78 Å². The molecule has 1 saturated heterocycles. The lowest BCUT2D eigenvalue weighted by atomic mass is 10.2. The number of rotatable bonds is 1. The van der Waals surface area contributed by atoms with E-state index < -0.39 is 5.97 Å². The van der Waals surface area contributed by atoms with Gasteiger partial charge in [0.25, 0.3) is 5.97 Å². The van der Waals surface area contributed by atoms with Crippen LogP contribution in [0, 0.1) is 5.92 Å². The maximum absolute atomic E-state index is 9.00. The molecule has 11 heavy (non-hydrogen) atoms. The summed E-state index contributed by atoms with van der Waals surface area (Å²) in [5, 5.41) is 15.8. The fourth-order valence-electron chi connectivity index (χ4n) is 0.442. The van der Waals surface area contributed by atoms with Crippen molar-refractivity contribution < 1.29 is 24.8 Å². The van der Waals surface area contributed by atoms with E-state index in [4.69, 9.17) is 15.0 Å². The number of hydrogen-bond donors (Lipinski definition) is 2. The molecule has 0 amide bonds. The van der Waals surface area contributed by atoms with Gasteiger partial charge in [0.2, 0.25) is 0 Å². The summed E-state index contributed by atoms with van der Waals surface area (Å²) < 4.78 is 0. The summed E-state index contributed by atoms with van der Waals surface area (Å²) >= 11 is 0. The van der Waals surface area contributed by atoms with Gasteiger partial charge in [0, 0.05) is 12.8 Å². The van der Waals surface area contributed by atoms with Crippen molar-refractivity contribution in [2.45, 2.75) is 6.92 Å². The number of aliphatic hydroxyl groups excluding tert-OH is 1. The van der Waals surface area contributed by atoms with E-state index in [1.54, 1.807) is 0 Å². The number of hydrogen-bond acceptors (Lipinski definition) is 4. The SMILES string of the molecule is CC(=O)O.OCC1COOC1. The zero-order valence-corrected chi connectivity index (χ0v) is 6.32. The third-order valence-corrected chi connectivity index (χ3v) is 0.949. The quantitative estimate of drug-likeness (QED) is 0.518. The molecule has 5 nitrogen and oxygen atoms in total. The Bertz CT molecular complexity index is 104. The van der Waals surface area contributed by atoms with Crippen LogP contribution in [0.15, 0.2) is 0 Å². The minimum absolute atomic E-state index is 0.167. The summed E-state index contributed by atoms with van der Waals surface area (Å²) in [6.07, 6.45) is 0. The smallest absolute Gasteiger partial charge is 0.300 e. The first kappa shape index (κ1) is 10.3. The number of aliphatic carboxylic acids is 1. The third-order valence-electron chi connectivity index (χ3n) is 0.949. The van der Waals surface area contributed by atoms with Crippen molar-refractivity contribution >= 4 is 5.97 Å². The highest BCUT2D eigenvalue weighted by Crippen LogP contribution is 2.04. The van der Waals surface area contributed by atoms with E-state index in [0.717, 1.165) is 6.92 Å². The van der Waals surface area contributed by atoms with Gasteiger partial charge in [-0.05, 0) is 0 Å². The van der Waals surface area contributed by atoms with E-state index >= 15 is 0 Å². The molecule has 0 saturated carbocycles. The van der Waals surface area contributed by atoms with Crippen molar-refractivity contribution in [2.24, 2.45) is 5.92 Å². The molecule has 0 aromatic carbocycles. The Labute approximate surface area is 64.5 Å². The molecule has 0 aromatic heterocycles. The van der Waals surface area contributed by atoms with Crippen molar-refractivity contribution in [1.29, 1.82) is 0 Å². The van der Waals surface area contributed by atoms with E-state index in [1.807, 2.05) is 0 Å². The van der Waals surface area contributed by atoms with Gasteiger partial charge in [-0.15, -0.1) is 0 Å². The zero-order chi connectivity index (χ0) is 8.69. The van der Waals surface area contributed by atoms with Crippen molar-refractivity contribution in [3.63, 3.8) is 0 Å². The fourth-order valence-corrected chi connectivity index (χ4v) is 0.442. The summed E-state index contributed by atoms with van der Waals surface area (Å²) in [7, 11) is 0. The average Bonchev–Trinajstić information content (AvgIpc) is 2.36. The van der Waals surface area contributed by atoms with Crippen molar-refractivity contribution in [1.82, 2.24) is 0 Å². The van der Waals surface area contributed by atoms with Gasteiger partial charge in [-0.3, -0.25) is 4.79 Å². The molecule has 0 aliphatic carbocycles. The van der Waals surface area contributed by atoms with Crippen LogP contribution in [0.2, 0.25) is 0 Å². The van der Waals surface area contributed by atoms with Crippen LogP contribution < -0.4 is 0 Å². The number of carboxylic acid groups (broad SMARTS) is 1. The standard InChI is InChI=1S/C4H8O3.C2H4O2/c5-1-4-2-6-7-3-4;1-2(3)4/h4-5H,1-3H2;1H3,(H,3,4). The molecule has 2 N–H and O–H groups in total. The van der Waals surface area contributed by atoms with Crippen LogP contribution in [0.5, 0.6) is 0 Å². The lowest BCUT2D eigenvalue weighted by molar-refractivity contribution is -0.248. The Kier molecular flexibility index (Phi) is 5.73. The predicted octanol–water partition coefficient (Wildman–Crippen LogP) is -0.352. The topological polar surface area (TPSA) is 76.0 Å². The first-order valence-corrected chi connectivity index (χ1v) is 3.21. The first-order valence-electron chi connectivity index (χ1n) is 3.21. The molecule has 1 fully saturated rings. The molecule has 0 bridgehead atoms. The third kappa shape index (κ3) is 7.24. The second-order valence-corrected chi connectivity index (χ2v) is 2.14. The highest BCUT2D eigenvalue weighted by molar-refractivity contribution is 5.62. The zero-order valence-electron chi connectivity index (χ0n) is 6.32. The van der Waals surface area contributed by atoms with Crippen molar-refractivity contribution in [3.05, 3.63) is 0 Å². The maximum Gasteiger partial charge on any atom is 0.300 e. The number of carbonyl (C=O) groups is 1. The lowest BCUT2D eigenvalue weighted by Crippen LogP contribution is -2.07. The Morgan fingerprint density at radius 3 is 2.09 bits per heavy atom. The summed E-state index contributed by atoms with van der Waals surface area (Å²) in [6, 6.07) is 0. The Morgan fingerprint density at radius 2 is 1.91 bits per heavy atom. The minimum Gasteiger partial charge on any atom is -0.481 e. The molecule has 66 valence electrons. The lowest BCUT2D eigenvalue weighted by Gasteiger charge is -1.93. The second-order valence-electron chi connectivity index (χ2n) is 2.14. The number of aliphatic hydroxyl groups is 1. The number of carboxylic acids is 1. The molecule has 1 rings (SSSR count). The van der Waals surface area contributed by atoms with Crippen LogP contribution in [0.3, 0.4) is 0 Å². The largest absolute Gasteiger partial charge is 0.481 e. The van der Waals surface area contributed by atoms with Crippen LogP contribution in [0.4, 0.5) is 0 Å². The van der Waals surface area contributed by atoms with Crippen LogP contribution in [-0.4, -0.2) is 36.0 Å². The molecule has 0 radical (unpaired) electrons. The van der Waals surface area contributed by atoms with E-state index in [1.165, 1.54) is 0 Å². The monoisotopic (exact) mass is 164 g/mol. The fraction of sp³-hybridized carbons (Fsp3) is 0.833. The molecular weight excluding hydrogens is 152 g/mol. The molecule has 1 heterocycles. The van der Waals surface area contributed by atoms with Crippen LogP contribution in [0.25, 0.3) is 0 Å². The maximum atomic E-state index is 9.00. The summed E-state index contributed by atoms with van der Waals surface area (Å²) in [6.45, 7) is 2.33. The van der Waals surface area contributed by atoms with E-state index in [9.17, 15) is 0 Å². The second kappa shape index (κ2) is 6.09. The Morgan fingerprint density at radius 1 is 1.55 bits per heavy atom. The van der Waals surface area contributed by atoms with Gasteiger partial charge in [0.05, 0.1) is 19.8 Å². The highest BCUT2D eigenvalue weighted by Gasteiger charge is 2.14. The molecule has 0 spiro atoms. The van der Waals surface area contributed by atoms with Gasteiger partial charge in [0.15, 0.2) is 0 Å².